The second kappa shape index (κ2) is 6.11. The summed E-state index contributed by atoms with van der Waals surface area (Å²) in [6.07, 6.45) is 1.49. The van der Waals surface area contributed by atoms with E-state index in [1.54, 1.807) is 26.0 Å². The van der Waals surface area contributed by atoms with Gasteiger partial charge in [0.2, 0.25) is 11.9 Å². The molecule has 0 spiro atoms. The molecule has 0 fully saturated rings. The third-order valence-corrected chi connectivity index (χ3v) is 3.45. The summed E-state index contributed by atoms with van der Waals surface area (Å²) >= 11 is 0. The minimum absolute atomic E-state index is 0.0743. The summed E-state index contributed by atoms with van der Waals surface area (Å²) in [5.74, 6) is -0.223. The molecule has 2 heterocycles. The summed E-state index contributed by atoms with van der Waals surface area (Å²) in [4.78, 5) is 28.3. The summed E-state index contributed by atoms with van der Waals surface area (Å²) in [5, 5.41) is 10.3. The molecule has 9 nitrogen and oxygen atoms in total. The van der Waals surface area contributed by atoms with Crippen LogP contribution in [0.4, 0.5) is 11.8 Å². The number of carbonyl (C=O) groups excluding carboxylic acids is 2. The van der Waals surface area contributed by atoms with Crippen LogP contribution in [0.15, 0.2) is 30.5 Å². The number of benzene rings is 1. The Labute approximate surface area is 137 Å². The zero-order valence-electron chi connectivity index (χ0n) is 13.3. The average molecular weight is 327 g/mol. The first-order chi connectivity index (χ1) is 11.5. The van der Waals surface area contributed by atoms with Gasteiger partial charge in [-0.05, 0) is 12.1 Å². The van der Waals surface area contributed by atoms with Crippen LogP contribution in [0.25, 0.3) is 11.0 Å². The van der Waals surface area contributed by atoms with Crippen molar-refractivity contribution >= 4 is 34.6 Å². The highest BCUT2D eigenvalue weighted by Gasteiger charge is 2.16. The molecule has 0 atom stereocenters. The Bertz CT molecular complexity index is 910. The van der Waals surface area contributed by atoms with Gasteiger partial charge in [-0.2, -0.15) is 0 Å². The first-order valence-electron chi connectivity index (χ1n) is 7.43. The molecular weight excluding hydrogens is 310 g/mol. The van der Waals surface area contributed by atoms with E-state index in [4.69, 9.17) is 5.73 Å². The molecule has 3 rings (SSSR count). The van der Waals surface area contributed by atoms with Gasteiger partial charge in [0.25, 0.3) is 5.91 Å². The van der Waals surface area contributed by atoms with E-state index in [1.807, 2.05) is 12.1 Å². The molecule has 1 amide bonds. The molecule has 0 saturated heterocycles. The Kier molecular flexibility index (Phi) is 3.98. The number of hydrogen-bond acceptors (Lipinski definition) is 6. The van der Waals surface area contributed by atoms with Crippen molar-refractivity contribution in [1.82, 2.24) is 24.5 Å². The van der Waals surface area contributed by atoms with Crippen LogP contribution < -0.4 is 11.1 Å². The number of anilines is 2. The molecule has 9 heteroatoms. The smallest absolute Gasteiger partial charge is 0.255 e. The molecule has 1 aromatic carbocycles. The Morgan fingerprint density at radius 1 is 1.29 bits per heavy atom. The maximum absolute atomic E-state index is 12.5. The largest absolute Gasteiger partial charge is 0.369 e. The Morgan fingerprint density at radius 3 is 2.79 bits per heavy atom. The molecule has 0 unspecified atom stereocenters. The van der Waals surface area contributed by atoms with Crippen molar-refractivity contribution in [2.75, 3.05) is 11.1 Å². The molecule has 2 aromatic heterocycles. The van der Waals surface area contributed by atoms with Crippen LogP contribution in [0.2, 0.25) is 0 Å². The van der Waals surface area contributed by atoms with Gasteiger partial charge in [0.05, 0.1) is 17.2 Å². The number of nitrogens with one attached hydrogen (secondary N) is 1. The monoisotopic (exact) mass is 327 g/mol. The molecule has 0 aliphatic heterocycles. The zero-order chi connectivity index (χ0) is 17.3. The van der Waals surface area contributed by atoms with Crippen molar-refractivity contribution in [3.8, 4) is 0 Å². The zero-order valence-corrected chi connectivity index (χ0v) is 13.3. The fraction of sp³-hybridized carbons (Fsp3) is 0.267. The summed E-state index contributed by atoms with van der Waals surface area (Å²) in [6, 6.07) is 7.18. The number of aromatic nitrogens is 5. The van der Waals surface area contributed by atoms with Crippen LogP contribution >= 0.6 is 0 Å². The van der Waals surface area contributed by atoms with Crippen molar-refractivity contribution in [2.45, 2.75) is 20.4 Å². The minimum Gasteiger partial charge on any atom is -0.369 e. The van der Waals surface area contributed by atoms with Crippen molar-refractivity contribution in [3.05, 3.63) is 30.5 Å². The molecular formula is C15H17N7O2. The van der Waals surface area contributed by atoms with Crippen molar-refractivity contribution in [1.29, 1.82) is 0 Å². The number of nitrogen functional groups attached to an aromatic ring is 1. The van der Waals surface area contributed by atoms with Crippen molar-refractivity contribution in [3.63, 3.8) is 0 Å². The predicted molar refractivity (Wildman–Crippen MR) is 88.3 cm³/mol. The number of fused-ring (bicyclic) bond motifs is 1. The number of hydrogen-bond donors (Lipinski definition) is 2. The number of para-hydroxylation sites is 2. The first kappa shape index (κ1) is 15.7. The van der Waals surface area contributed by atoms with E-state index < -0.39 is 0 Å². The topological polar surface area (TPSA) is 121 Å². The SMILES string of the molecule is CC(C)C(=O)Nc1cn(CC(=O)n2c(N)nc3ccccc32)nn1. The molecule has 24 heavy (non-hydrogen) atoms. The van der Waals surface area contributed by atoms with Crippen LogP contribution in [-0.2, 0) is 11.3 Å². The number of nitrogens with two attached hydrogens (primary N) is 1. The van der Waals surface area contributed by atoms with Gasteiger partial charge in [0.15, 0.2) is 5.82 Å². The van der Waals surface area contributed by atoms with Crippen molar-refractivity contribution < 1.29 is 9.59 Å². The van der Waals surface area contributed by atoms with E-state index in [9.17, 15) is 9.59 Å². The number of rotatable bonds is 4. The molecule has 0 saturated carbocycles. The third kappa shape index (κ3) is 2.96. The van der Waals surface area contributed by atoms with Gasteiger partial charge in [-0.15, -0.1) is 5.10 Å². The lowest BCUT2D eigenvalue weighted by Crippen LogP contribution is -2.20. The molecule has 0 aliphatic carbocycles. The highest BCUT2D eigenvalue weighted by molar-refractivity contribution is 5.93. The minimum atomic E-state index is -0.298. The van der Waals surface area contributed by atoms with Crippen LogP contribution in [0.5, 0.6) is 0 Å². The van der Waals surface area contributed by atoms with E-state index in [0.717, 1.165) is 0 Å². The molecule has 0 bridgehead atoms. The summed E-state index contributed by atoms with van der Waals surface area (Å²) in [6.45, 7) is 3.47. The number of carbonyl (C=O) groups is 2. The maximum Gasteiger partial charge on any atom is 0.255 e. The van der Waals surface area contributed by atoms with Gasteiger partial charge in [-0.1, -0.05) is 31.2 Å². The average Bonchev–Trinajstić information content (AvgIpc) is 3.09. The third-order valence-electron chi connectivity index (χ3n) is 3.45. The summed E-state index contributed by atoms with van der Waals surface area (Å²) in [7, 11) is 0. The molecule has 124 valence electrons. The summed E-state index contributed by atoms with van der Waals surface area (Å²) < 4.78 is 2.68. The van der Waals surface area contributed by atoms with Gasteiger partial charge in [0, 0.05) is 5.92 Å². The van der Waals surface area contributed by atoms with E-state index in [1.165, 1.54) is 15.4 Å². The predicted octanol–water partition coefficient (Wildman–Crippen LogP) is 1.14. The fourth-order valence-electron chi connectivity index (χ4n) is 2.22. The van der Waals surface area contributed by atoms with Gasteiger partial charge in [0.1, 0.15) is 6.54 Å². The Balaban J connectivity index is 1.79. The maximum atomic E-state index is 12.5. The fourth-order valence-corrected chi connectivity index (χ4v) is 2.22. The van der Waals surface area contributed by atoms with Crippen LogP contribution in [0, 0.1) is 5.92 Å². The molecule has 3 aromatic rings. The van der Waals surface area contributed by atoms with E-state index in [2.05, 4.69) is 20.6 Å². The standard InChI is InChI=1S/C15H17N7O2/c1-9(2)14(24)18-12-7-21(20-19-12)8-13(23)22-11-6-4-3-5-10(11)17-15(22)16/h3-7,9H,8H2,1-2H3,(H2,16,17)(H,18,24). The quantitative estimate of drug-likeness (QED) is 0.741. The van der Waals surface area contributed by atoms with E-state index in [0.29, 0.717) is 16.9 Å². The number of imidazole rings is 1. The van der Waals surface area contributed by atoms with Crippen LogP contribution in [0.3, 0.4) is 0 Å². The highest BCUT2D eigenvalue weighted by Crippen LogP contribution is 2.17. The van der Waals surface area contributed by atoms with Gasteiger partial charge in [-0.25, -0.2) is 14.2 Å². The second-order valence-corrected chi connectivity index (χ2v) is 5.63. The summed E-state index contributed by atoms with van der Waals surface area (Å²) in [5.41, 5.74) is 7.12. The number of nitrogens with zero attached hydrogens (tertiary/aromatic N) is 5. The Hall–Kier alpha value is -3.23. The Morgan fingerprint density at radius 2 is 2.04 bits per heavy atom. The lowest BCUT2D eigenvalue weighted by molar-refractivity contribution is -0.118. The molecule has 0 radical (unpaired) electrons. The van der Waals surface area contributed by atoms with E-state index >= 15 is 0 Å². The lowest BCUT2D eigenvalue weighted by Gasteiger charge is -2.05. The van der Waals surface area contributed by atoms with Gasteiger partial charge >= 0.3 is 0 Å². The normalized spacial score (nSPS) is 11.1. The van der Waals surface area contributed by atoms with Crippen LogP contribution in [-0.4, -0.2) is 36.4 Å². The lowest BCUT2D eigenvalue weighted by atomic mass is 10.2. The van der Waals surface area contributed by atoms with Crippen LogP contribution in [0.1, 0.15) is 18.6 Å². The van der Waals surface area contributed by atoms with E-state index in [-0.39, 0.29) is 30.2 Å². The second-order valence-electron chi connectivity index (χ2n) is 5.63. The molecule has 0 aliphatic rings. The van der Waals surface area contributed by atoms with Crippen molar-refractivity contribution in [2.24, 2.45) is 5.92 Å². The van der Waals surface area contributed by atoms with Gasteiger partial charge in [-0.3, -0.25) is 9.59 Å². The number of amides is 1. The highest BCUT2D eigenvalue weighted by atomic mass is 16.2. The van der Waals surface area contributed by atoms with Gasteiger partial charge < -0.3 is 11.1 Å². The first-order valence-corrected chi connectivity index (χ1v) is 7.43. The molecule has 3 N–H and O–H groups in total.